The molecule has 2 heterocycles. The highest BCUT2D eigenvalue weighted by molar-refractivity contribution is 5.93. The van der Waals surface area contributed by atoms with Crippen LogP contribution in [0.3, 0.4) is 0 Å². The third-order valence-corrected chi connectivity index (χ3v) is 5.65. The van der Waals surface area contributed by atoms with E-state index in [1.165, 1.54) is 11.9 Å². The monoisotopic (exact) mass is 417 g/mol. The Balaban J connectivity index is 1.36. The number of hydrogen-bond donors (Lipinski definition) is 1. The van der Waals surface area contributed by atoms with Crippen LogP contribution in [0.2, 0.25) is 0 Å². The lowest BCUT2D eigenvalue weighted by molar-refractivity contribution is -0.134. The maximum Gasteiger partial charge on any atom is 0.229 e. The number of benzene rings is 2. The first-order valence-electron chi connectivity index (χ1n) is 10.7. The van der Waals surface area contributed by atoms with Gasteiger partial charge in [0.15, 0.2) is 0 Å². The number of nitrogens with one attached hydrogen (secondary N) is 1. The van der Waals surface area contributed by atoms with Gasteiger partial charge in [-0.1, -0.05) is 42.0 Å². The van der Waals surface area contributed by atoms with Gasteiger partial charge in [0.1, 0.15) is 12.7 Å². The van der Waals surface area contributed by atoms with Gasteiger partial charge in [0.25, 0.3) is 0 Å². The zero-order valence-electron chi connectivity index (χ0n) is 17.7. The van der Waals surface area contributed by atoms with Gasteiger partial charge >= 0.3 is 0 Å². The van der Waals surface area contributed by atoms with Crippen molar-refractivity contribution >= 4 is 17.5 Å². The molecule has 1 aliphatic heterocycles. The highest BCUT2D eigenvalue weighted by Gasteiger charge is 2.28. The van der Waals surface area contributed by atoms with Gasteiger partial charge < -0.3 is 10.2 Å². The predicted molar refractivity (Wildman–Crippen MR) is 119 cm³/mol. The minimum atomic E-state index is -0.202. The molecule has 1 fully saturated rings. The number of amides is 2. The molecular formula is C24H27N5O2. The molecule has 7 nitrogen and oxygen atoms in total. The van der Waals surface area contributed by atoms with E-state index >= 15 is 0 Å². The van der Waals surface area contributed by atoms with Crippen molar-refractivity contribution in [2.45, 2.75) is 32.7 Å². The van der Waals surface area contributed by atoms with Crippen LogP contribution >= 0.6 is 0 Å². The molecule has 160 valence electrons. The van der Waals surface area contributed by atoms with Crippen molar-refractivity contribution < 1.29 is 9.59 Å². The smallest absolute Gasteiger partial charge is 0.229 e. The fourth-order valence-electron chi connectivity index (χ4n) is 3.98. The molecule has 31 heavy (non-hydrogen) atoms. The second-order valence-electron chi connectivity index (χ2n) is 8.03. The minimum Gasteiger partial charge on any atom is -0.342 e. The zero-order chi connectivity index (χ0) is 21.6. The second kappa shape index (κ2) is 9.55. The van der Waals surface area contributed by atoms with E-state index in [1.54, 1.807) is 15.9 Å². The maximum absolute atomic E-state index is 12.9. The van der Waals surface area contributed by atoms with Crippen molar-refractivity contribution in [3.05, 3.63) is 66.7 Å². The average Bonchev–Trinajstić information content (AvgIpc) is 3.31. The number of carbonyl (C=O) groups excluding carboxylic acids is 2. The first-order valence-corrected chi connectivity index (χ1v) is 10.7. The average molecular weight is 418 g/mol. The highest BCUT2D eigenvalue weighted by atomic mass is 16.2. The van der Waals surface area contributed by atoms with E-state index < -0.39 is 0 Å². The Morgan fingerprint density at radius 3 is 2.71 bits per heavy atom. The number of hydrogen-bond acceptors (Lipinski definition) is 4. The first-order chi connectivity index (χ1) is 15.1. The molecule has 1 aromatic heterocycles. The fraction of sp³-hybridized carbons (Fsp3) is 0.333. The summed E-state index contributed by atoms with van der Waals surface area (Å²) in [5.74, 6) is -0.184. The minimum absolute atomic E-state index is 0.0323. The van der Waals surface area contributed by atoms with Crippen LogP contribution in [0.5, 0.6) is 0 Å². The van der Waals surface area contributed by atoms with Gasteiger partial charge in [-0.25, -0.2) is 4.98 Å². The molecule has 0 saturated carbocycles. The summed E-state index contributed by atoms with van der Waals surface area (Å²) in [5.41, 5.74) is 4.16. The summed E-state index contributed by atoms with van der Waals surface area (Å²) in [7, 11) is 0. The Bertz CT molecular complexity index is 1050. The summed E-state index contributed by atoms with van der Waals surface area (Å²) in [6.45, 7) is 3.72. The number of piperidine rings is 1. The molecule has 1 saturated heterocycles. The standard InChI is InChI=1S/C24H27N5O2/c1-18-5-2-6-19(13-18)20-7-3-9-22(14-20)27-24(31)21-8-4-11-28(15-21)23(30)10-12-29-17-25-16-26-29/h2-3,5-7,9,13-14,16-17,21H,4,8,10-12,15H2,1H3,(H,27,31)/t21-/m0/s1. The highest BCUT2D eigenvalue weighted by Crippen LogP contribution is 2.25. The third kappa shape index (κ3) is 5.36. The predicted octanol–water partition coefficient (Wildman–Crippen LogP) is 3.52. The number of rotatable bonds is 6. The van der Waals surface area contributed by atoms with Crippen LogP contribution in [-0.2, 0) is 16.1 Å². The van der Waals surface area contributed by atoms with Gasteiger partial charge in [0.2, 0.25) is 11.8 Å². The topological polar surface area (TPSA) is 80.1 Å². The van der Waals surface area contributed by atoms with E-state index in [1.807, 2.05) is 30.3 Å². The molecule has 1 atom stereocenters. The Labute approximate surface area is 182 Å². The van der Waals surface area contributed by atoms with Crippen LogP contribution in [0.15, 0.2) is 61.2 Å². The van der Waals surface area contributed by atoms with E-state index in [9.17, 15) is 9.59 Å². The molecular weight excluding hydrogens is 390 g/mol. The first kappa shape index (κ1) is 20.8. The molecule has 0 bridgehead atoms. The van der Waals surface area contributed by atoms with E-state index in [0.717, 1.165) is 29.7 Å². The van der Waals surface area contributed by atoms with Crippen LogP contribution in [0, 0.1) is 12.8 Å². The number of aromatic nitrogens is 3. The zero-order valence-corrected chi connectivity index (χ0v) is 17.7. The van der Waals surface area contributed by atoms with Crippen molar-refractivity contribution in [2.75, 3.05) is 18.4 Å². The van der Waals surface area contributed by atoms with Crippen molar-refractivity contribution in [1.29, 1.82) is 0 Å². The lowest BCUT2D eigenvalue weighted by Gasteiger charge is -2.32. The molecule has 2 aromatic carbocycles. The summed E-state index contributed by atoms with van der Waals surface area (Å²) in [6.07, 6.45) is 5.03. The molecule has 4 rings (SSSR count). The number of nitrogens with zero attached hydrogens (tertiary/aromatic N) is 4. The number of anilines is 1. The Morgan fingerprint density at radius 2 is 1.94 bits per heavy atom. The summed E-state index contributed by atoms with van der Waals surface area (Å²) in [6, 6.07) is 16.2. The van der Waals surface area contributed by atoms with Gasteiger partial charge in [-0.2, -0.15) is 5.10 Å². The molecule has 0 unspecified atom stereocenters. The molecule has 3 aromatic rings. The lowest BCUT2D eigenvalue weighted by atomic mass is 9.96. The quantitative estimate of drug-likeness (QED) is 0.665. The van der Waals surface area contributed by atoms with Gasteiger partial charge in [-0.15, -0.1) is 0 Å². The fourth-order valence-corrected chi connectivity index (χ4v) is 3.98. The lowest BCUT2D eigenvalue weighted by Crippen LogP contribution is -2.44. The van der Waals surface area contributed by atoms with Gasteiger partial charge in [0, 0.05) is 25.2 Å². The number of likely N-dealkylation sites (tertiary alicyclic amines) is 1. The van der Waals surface area contributed by atoms with Crippen LogP contribution in [-0.4, -0.2) is 44.6 Å². The maximum atomic E-state index is 12.9. The molecule has 2 amide bonds. The Hall–Kier alpha value is -3.48. The van der Waals surface area contributed by atoms with E-state index in [-0.39, 0.29) is 17.7 Å². The summed E-state index contributed by atoms with van der Waals surface area (Å²) in [4.78, 5) is 31.2. The molecule has 7 heteroatoms. The summed E-state index contributed by atoms with van der Waals surface area (Å²) < 4.78 is 1.65. The normalized spacial score (nSPS) is 16.2. The number of carbonyl (C=O) groups is 2. The van der Waals surface area contributed by atoms with Crippen LogP contribution in [0.25, 0.3) is 11.1 Å². The Morgan fingerprint density at radius 1 is 1.13 bits per heavy atom. The summed E-state index contributed by atoms with van der Waals surface area (Å²) >= 11 is 0. The van der Waals surface area contributed by atoms with Crippen molar-refractivity contribution in [1.82, 2.24) is 19.7 Å². The van der Waals surface area contributed by atoms with Crippen molar-refractivity contribution in [3.63, 3.8) is 0 Å². The largest absolute Gasteiger partial charge is 0.342 e. The van der Waals surface area contributed by atoms with E-state index in [4.69, 9.17) is 0 Å². The Kier molecular flexibility index (Phi) is 6.40. The molecule has 1 aliphatic rings. The van der Waals surface area contributed by atoms with E-state index in [2.05, 4.69) is 40.5 Å². The van der Waals surface area contributed by atoms with Crippen molar-refractivity contribution in [3.8, 4) is 11.1 Å². The van der Waals surface area contributed by atoms with Crippen LogP contribution in [0.1, 0.15) is 24.8 Å². The van der Waals surface area contributed by atoms with Gasteiger partial charge in [0.05, 0.1) is 12.5 Å². The van der Waals surface area contributed by atoms with Crippen LogP contribution in [0.4, 0.5) is 5.69 Å². The number of aryl methyl sites for hydroxylation is 2. The second-order valence-corrected chi connectivity index (χ2v) is 8.03. The molecule has 0 radical (unpaired) electrons. The van der Waals surface area contributed by atoms with Gasteiger partial charge in [-0.05, 0) is 43.0 Å². The van der Waals surface area contributed by atoms with E-state index in [0.29, 0.717) is 26.1 Å². The van der Waals surface area contributed by atoms with Crippen molar-refractivity contribution in [2.24, 2.45) is 5.92 Å². The summed E-state index contributed by atoms with van der Waals surface area (Å²) in [5, 5.41) is 7.08. The van der Waals surface area contributed by atoms with Crippen LogP contribution < -0.4 is 5.32 Å². The third-order valence-electron chi connectivity index (χ3n) is 5.65. The molecule has 0 aliphatic carbocycles. The SMILES string of the molecule is Cc1cccc(-c2cccc(NC(=O)[C@H]3CCCN(C(=O)CCn4cncn4)C3)c2)c1. The van der Waals surface area contributed by atoms with Gasteiger partial charge in [-0.3, -0.25) is 14.3 Å². The molecule has 0 spiro atoms. The molecule has 1 N–H and O–H groups in total.